The van der Waals surface area contributed by atoms with Gasteiger partial charge in [-0.3, -0.25) is 6.08 Å². The molecule has 3 rings (SSSR count). The topological polar surface area (TPSA) is 9.23 Å². The Balaban J connectivity index is 0. The zero-order chi connectivity index (χ0) is 19.6. The van der Waals surface area contributed by atoms with Gasteiger partial charge < -0.3 is 29.2 Å². The van der Waals surface area contributed by atoms with E-state index in [-0.39, 0.29) is 24.8 Å². The molecule has 2 aromatic carbocycles. The van der Waals surface area contributed by atoms with Crippen molar-refractivity contribution in [3.05, 3.63) is 66.3 Å². The van der Waals surface area contributed by atoms with Gasteiger partial charge in [-0.1, -0.05) is 6.07 Å². The van der Waals surface area contributed by atoms with Crippen LogP contribution in [0, 0.1) is 6.08 Å². The smallest absolute Gasteiger partial charge is 0.0809 e. The van der Waals surface area contributed by atoms with Gasteiger partial charge in [0, 0.05) is 6.10 Å². The summed E-state index contributed by atoms with van der Waals surface area (Å²) >= 11 is 1.55. The van der Waals surface area contributed by atoms with Gasteiger partial charge >= 0.3 is 41.3 Å². The van der Waals surface area contributed by atoms with Crippen LogP contribution in [0.25, 0.3) is 10.8 Å². The summed E-state index contributed by atoms with van der Waals surface area (Å²) in [5.74, 6) is 0. The van der Waals surface area contributed by atoms with E-state index in [1.807, 2.05) is 0 Å². The molecule has 2 aromatic rings. The average Bonchev–Trinajstić information content (AvgIpc) is 3.15. The summed E-state index contributed by atoms with van der Waals surface area (Å²) in [7, 11) is -1.36. The van der Waals surface area contributed by atoms with Crippen molar-refractivity contribution in [2.24, 2.45) is 0 Å². The van der Waals surface area contributed by atoms with Crippen LogP contribution in [0.2, 0.25) is 19.6 Å². The van der Waals surface area contributed by atoms with E-state index in [0.29, 0.717) is 6.10 Å². The van der Waals surface area contributed by atoms with Crippen LogP contribution in [0.5, 0.6) is 0 Å². The van der Waals surface area contributed by atoms with Crippen molar-refractivity contribution < 1.29 is 53.5 Å². The number of allylic oxidation sites excluding steroid dienone is 3. The molecule has 0 N–H and O–H groups in total. The van der Waals surface area contributed by atoms with Crippen molar-refractivity contribution in [2.45, 2.75) is 59.4 Å². The largest absolute Gasteiger partial charge is 1.00 e. The van der Waals surface area contributed by atoms with Crippen LogP contribution in [0.1, 0.15) is 33.6 Å². The standard InChI is InChI=1S/C11H19OSi.C9H7.C3H6.2ClH.Zr/c1-10(12-13(2,3)4)9-11-7-5-6-8-11;1-2-5-9-7-3-6-8(9)4-1;1-3-2;;;/h5,7,10H,6,9H2,1-4H3;1-7H;1-2H3;2*1H;/q2*-1;;;;+2/p-2. The summed E-state index contributed by atoms with van der Waals surface area (Å²) in [6.07, 6.45) is 9.96. The molecule has 28 heavy (non-hydrogen) atoms. The third kappa shape index (κ3) is 14.8. The summed E-state index contributed by atoms with van der Waals surface area (Å²) in [5.41, 5.74) is 1.31. The number of rotatable bonds is 4. The minimum absolute atomic E-state index is 0. The van der Waals surface area contributed by atoms with E-state index in [1.165, 1.54) is 19.6 Å². The van der Waals surface area contributed by atoms with Crippen molar-refractivity contribution in [3.8, 4) is 0 Å². The third-order valence-corrected chi connectivity index (χ3v) is 4.49. The van der Waals surface area contributed by atoms with Crippen LogP contribution in [0.4, 0.5) is 0 Å². The Hall–Kier alpha value is -0.180. The summed E-state index contributed by atoms with van der Waals surface area (Å²) in [6, 6.07) is 14.7. The average molecular weight is 515 g/mol. The zero-order valence-electron chi connectivity index (χ0n) is 17.9. The fourth-order valence-corrected chi connectivity index (χ4v) is 3.91. The fourth-order valence-electron chi connectivity index (χ4n) is 2.62. The molecule has 1 aliphatic carbocycles. The van der Waals surface area contributed by atoms with E-state index >= 15 is 0 Å². The second-order valence-corrected chi connectivity index (χ2v) is 14.6. The van der Waals surface area contributed by atoms with E-state index in [1.54, 1.807) is 24.2 Å². The molecule has 0 saturated carbocycles. The van der Waals surface area contributed by atoms with Crippen LogP contribution >= 0.6 is 0 Å². The molecule has 0 aromatic heterocycles. The molecule has 0 saturated heterocycles. The molecule has 5 heteroatoms. The first-order chi connectivity index (χ1) is 12.2. The van der Waals surface area contributed by atoms with Gasteiger partial charge in [0.15, 0.2) is 8.32 Å². The molecule has 0 amide bonds. The Labute approximate surface area is 200 Å². The molecule has 0 radical (unpaired) electrons. The van der Waals surface area contributed by atoms with Gasteiger partial charge in [-0.25, -0.2) is 11.6 Å². The van der Waals surface area contributed by atoms with Gasteiger partial charge in [-0.15, -0.1) is 36.1 Å². The second kappa shape index (κ2) is 15.6. The minimum atomic E-state index is -1.36. The van der Waals surface area contributed by atoms with Crippen LogP contribution in [-0.4, -0.2) is 17.6 Å². The van der Waals surface area contributed by atoms with Crippen molar-refractivity contribution in [1.29, 1.82) is 0 Å². The number of hydrogen-bond acceptors (Lipinski definition) is 1. The van der Waals surface area contributed by atoms with Crippen molar-refractivity contribution in [3.63, 3.8) is 0 Å². The molecule has 1 nitrogen and oxygen atoms in total. The van der Waals surface area contributed by atoms with Gasteiger partial charge in [-0.05, 0) is 33.0 Å². The molecule has 1 atom stereocenters. The Bertz CT molecular complexity index is 710. The molecule has 154 valence electrons. The Morgan fingerprint density at radius 1 is 1.18 bits per heavy atom. The van der Waals surface area contributed by atoms with Crippen LogP contribution in [-0.2, 0) is 28.7 Å². The number of benzene rings is 1. The maximum absolute atomic E-state index is 5.94. The Kier molecular flexibility index (Phi) is 16.8. The maximum Gasteiger partial charge on any atom is -0.0809 e. The van der Waals surface area contributed by atoms with Gasteiger partial charge in [-0.2, -0.15) is 23.6 Å². The Morgan fingerprint density at radius 2 is 1.79 bits per heavy atom. The maximum atomic E-state index is 5.94. The first kappa shape index (κ1) is 30.0. The van der Waals surface area contributed by atoms with Gasteiger partial charge in [0.05, 0.1) is 0 Å². The quantitative estimate of drug-likeness (QED) is 0.430. The summed E-state index contributed by atoms with van der Waals surface area (Å²) in [4.78, 5) is 0. The third-order valence-electron chi connectivity index (χ3n) is 3.38. The first-order valence-electron chi connectivity index (χ1n) is 9.23. The van der Waals surface area contributed by atoms with Crippen LogP contribution in [0.3, 0.4) is 0 Å². The van der Waals surface area contributed by atoms with E-state index < -0.39 is 8.32 Å². The van der Waals surface area contributed by atoms with Crippen molar-refractivity contribution >= 4 is 22.3 Å². The SMILES string of the molecule is CC(CC1=[C-]CC=C1)O[Si](C)(C)C.C[C](C)=[Zr+2].[Cl-].[Cl-].c1ccc2[cH-]ccc2c1. The van der Waals surface area contributed by atoms with E-state index in [0.717, 1.165) is 12.8 Å². The zero-order valence-corrected chi connectivity index (χ0v) is 22.8. The summed E-state index contributed by atoms with van der Waals surface area (Å²) in [5, 5.41) is 2.66. The molecule has 0 spiro atoms. The first-order valence-corrected chi connectivity index (χ1v) is 13.9. The fraction of sp³-hybridized carbons (Fsp3) is 0.391. The molecule has 0 bridgehead atoms. The molecule has 0 aliphatic heterocycles. The monoisotopic (exact) mass is 512 g/mol. The van der Waals surface area contributed by atoms with E-state index in [4.69, 9.17) is 4.43 Å². The Morgan fingerprint density at radius 3 is 2.29 bits per heavy atom. The molecular formula is C23H32Cl2OSiZr-2. The van der Waals surface area contributed by atoms with Gasteiger partial charge in [0.1, 0.15) is 0 Å². The molecule has 0 heterocycles. The van der Waals surface area contributed by atoms with Crippen LogP contribution in [0.15, 0.2) is 60.2 Å². The van der Waals surface area contributed by atoms with Gasteiger partial charge in [0.25, 0.3) is 0 Å². The minimum Gasteiger partial charge on any atom is -1.00 e. The number of hydrogen-bond donors (Lipinski definition) is 0. The van der Waals surface area contributed by atoms with E-state index in [9.17, 15) is 0 Å². The van der Waals surface area contributed by atoms with Crippen LogP contribution < -0.4 is 24.8 Å². The molecular weight excluding hydrogens is 482 g/mol. The number of fused-ring (bicyclic) bond motifs is 1. The predicted molar refractivity (Wildman–Crippen MR) is 115 cm³/mol. The summed E-state index contributed by atoms with van der Waals surface area (Å²) in [6.45, 7) is 13.1. The predicted octanol–water partition coefficient (Wildman–Crippen LogP) is 0.618. The normalized spacial score (nSPS) is 13.1. The molecule has 0 fully saturated rings. The van der Waals surface area contributed by atoms with Crippen molar-refractivity contribution in [2.75, 3.05) is 0 Å². The van der Waals surface area contributed by atoms with Crippen molar-refractivity contribution in [1.82, 2.24) is 0 Å². The summed E-state index contributed by atoms with van der Waals surface area (Å²) < 4.78 is 7.45. The second-order valence-electron chi connectivity index (χ2n) is 7.71. The van der Waals surface area contributed by atoms with Gasteiger partial charge in [0.2, 0.25) is 0 Å². The van der Waals surface area contributed by atoms with E-state index in [2.05, 4.69) is 101 Å². The molecule has 1 unspecified atom stereocenters. The number of halogens is 2. The molecule has 1 aliphatic rings.